The van der Waals surface area contributed by atoms with Gasteiger partial charge in [0.2, 0.25) is 0 Å². The van der Waals surface area contributed by atoms with Crippen LogP contribution in [0, 0.1) is 0 Å². The van der Waals surface area contributed by atoms with E-state index in [2.05, 4.69) is 11.5 Å². The van der Waals surface area contributed by atoms with E-state index in [-0.39, 0.29) is 11.6 Å². The Morgan fingerprint density at radius 1 is 1.24 bits per heavy atom. The number of fused-ring (bicyclic) bond motifs is 1. The van der Waals surface area contributed by atoms with Crippen molar-refractivity contribution in [3.63, 3.8) is 0 Å². The average molecular weight is 340 g/mol. The van der Waals surface area contributed by atoms with Crippen molar-refractivity contribution in [2.75, 3.05) is 20.8 Å². The maximum absolute atomic E-state index is 11.2. The molecule has 1 unspecified atom stereocenters. The lowest BCUT2D eigenvalue weighted by atomic mass is 10.1. The van der Waals surface area contributed by atoms with Crippen LogP contribution in [0.5, 0.6) is 5.75 Å². The summed E-state index contributed by atoms with van der Waals surface area (Å²) in [7, 11) is 3.19. The molecule has 0 radical (unpaired) electrons. The van der Waals surface area contributed by atoms with Gasteiger partial charge in [0.25, 0.3) is 0 Å². The van der Waals surface area contributed by atoms with Crippen LogP contribution in [0.4, 0.5) is 0 Å². The van der Waals surface area contributed by atoms with Gasteiger partial charge >= 0.3 is 5.97 Å². The fourth-order valence-electron chi connectivity index (χ4n) is 3.01. The van der Waals surface area contributed by atoms with Gasteiger partial charge in [0.1, 0.15) is 11.6 Å². The van der Waals surface area contributed by atoms with Gasteiger partial charge in [0.05, 0.1) is 41.9 Å². The number of imidazole rings is 1. The third-order valence-electron chi connectivity index (χ3n) is 4.13. The zero-order valence-corrected chi connectivity index (χ0v) is 14.4. The highest BCUT2D eigenvalue weighted by atomic mass is 16.5. The highest BCUT2D eigenvalue weighted by molar-refractivity contribution is 5.90. The molecule has 6 nitrogen and oxygen atoms in total. The smallest absolute Gasteiger partial charge is 0.335 e. The molecule has 0 aliphatic rings. The van der Waals surface area contributed by atoms with Crippen LogP contribution in [0.2, 0.25) is 0 Å². The molecule has 0 aliphatic heterocycles. The molecule has 0 bridgehead atoms. The number of aromatic carboxylic acids is 1. The fourth-order valence-corrected chi connectivity index (χ4v) is 3.01. The van der Waals surface area contributed by atoms with Gasteiger partial charge in [-0.2, -0.15) is 0 Å². The molecule has 6 heteroatoms. The van der Waals surface area contributed by atoms with Crippen molar-refractivity contribution in [3.05, 3.63) is 48.0 Å². The summed E-state index contributed by atoms with van der Waals surface area (Å²) in [6, 6.07) is 12.7. The van der Waals surface area contributed by atoms with Crippen molar-refractivity contribution >= 4 is 17.0 Å². The van der Waals surface area contributed by atoms with Gasteiger partial charge in [-0.3, -0.25) is 0 Å². The number of rotatable bonds is 6. The van der Waals surface area contributed by atoms with Gasteiger partial charge in [-0.05, 0) is 37.3 Å². The Kier molecular flexibility index (Phi) is 4.72. The van der Waals surface area contributed by atoms with Crippen LogP contribution < -0.4 is 4.74 Å². The minimum absolute atomic E-state index is 0.0521. The molecular weight excluding hydrogens is 320 g/mol. The number of ether oxygens (including phenoxy) is 2. The van der Waals surface area contributed by atoms with E-state index >= 15 is 0 Å². The standard InChI is InChI=1S/C19H20N2O4/c1-12(11-24-2)21-16-7-5-4-6-15(16)20-18(21)14-9-8-13(19(22)23)10-17(14)25-3/h4-10,12H,11H2,1-3H3,(H,22,23). The summed E-state index contributed by atoms with van der Waals surface area (Å²) < 4.78 is 12.8. The average Bonchev–Trinajstić information content (AvgIpc) is 3.00. The summed E-state index contributed by atoms with van der Waals surface area (Å²) in [5, 5.41) is 9.20. The molecule has 0 aliphatic carbocycles. The number of para-hydroxylation sites is 2. The molecule has 25 heavy (non-hydrogen) atoms. The number of carboxylic acids is 1. The molecule has 0 saturated heterocycles. The number of hydrogen-bond acceptors (Lipinski definition) is 4. The first kappa shape index (κ1) is 17.0. The van der Waals surface area contributed by atoms with E-state index in [0.717, 1.165) is 22.4 Å². The van der Waals surface area contributed by atoms with Crippen molar-refractivity contribution in [2.45, 2.75) is 13.0 Å². The predicted octanol–water partition coefficient (Wildman–Crippen LogP) is 3.62. The molecule has 0 spiro atoms. The van der Waals surface area contributed by atoms with E-state index in [1.807, 2.05) is 24.3 Å². The van der Waals surface area contributed by atoms with Crippen molar-refractivity contribution < 1.29 is 19.4 Å². The summed E-state index contributed by atoms with van der Waals surface area (Å²) in [5.41, 5.74) is 2.77. The summed E-state index contributed by atoms with van der Waals surface area (Å²) in [6.45, 7) is 2.59. The molecule has 0 amide bonds. The van der Waals surface area contributed by atoms with Gasteiger partial charge in [-0.25, -0.2) is 9.78 Å². The molecule has 3 aromatic rings. The highest BCUT2D eigenvalue weighted by Crippen LogP contribution is 2.34. The number of methoxy groups -OCH3 is 2. The first-order valence-electron chi connectivity index (χ1n) is 7.94. The van der Waals surface area contributed by atoms with Gasteiger partial charge in [-0.1, -0.05) is 12.1 Å². The Bertz CT molecular complexity index is 917. The number of benzene rings is 2. The summed E-state index contributed by atoms with van der Waals surface area (Å²) >= 11 is 0. The molecule has 0 saturated carbocycles. The van der Waals surface area contributed by atoms with Crippen LogP contribution in [-0.2, 0) is 4.74 Å². The van der Waals surface area contributed by atoms with Crippen LogP contribution in [0.3, 0.4) is 0 Å². The van der Waals surface area contributed by atoms with E-state index in [9.17, 15) is 9.90 Å². The SMILES string of the molecule is COCC(C)n1c(-c2ccc(C(=O)O)cc2OC)nc2ccccc21. The lowest BCUT2D eigenvalue weighted by Gasteiger charge is -2.18. The van der Waals surface area contributed by atoms with Crippen LogP contribution >= 0.6 is 0 Å². The molecule has 1 aromatic heterocycles. The first-order chi connectivity index (χ1) is 12.1. The lowest BCUT2D eigenvalue weighted by Crippen LogP contribution is -2.12. The fraction of sp³-hybridized carbons (Fsp3) is 0.263. The van der Waals surface area contributed by atoms with E-state index < -0.39 is 5.97 Å². The van der Waals surface area contributed by atoms with Crippen LogP contribution in [0.15, 0.2) is 42.5 Å². The quantitative estimate of drug-likeness (QED) is 0.742. The first-order valence-corrected chi connectivity index (χ1v) is 7.94. The maximum atomic E-state index is 11.2. The monoisotopic (exact) mass is 340 g/mol. The molecule has 1 heterocycles. The Morgan fingerprint density at radius 3 is 2.68 bits per heavy atom. The predicted molar refractivity (Wildman–Crippen MR) is 95.3 cm³/mol. The zero-order valence-electron chi connectivity index (χ0n) is 14.4. The molecule has 2 aromatic carbocycles. The van der Waals surface area contributed by atoms with Crippen molar-refractivity contribution in [1.82, 2.24) is 9.55 Å². The van der Waals surface area contributed by atoms with E-state index in [4.69, 9.17) is 14.5 Å². The topological polar surface area (TPSA) is 73.6 Å². The van der Waals surface area contributed by atoms with Crippen molar-refractivity contribution in [3.8, 4) is 17.1 Å². The summed E-state index contributed by atoms with van der Waals surface area (Å²) in [4.78, 5) is 16.0. The van der Waals surface area contributed by atoms with Gasteiger partial charge < -0.3 is 19.1 Å². The second-order valence-corrected chi connectivity index (χ2v) is 5.82. The highest BCUT2D eigenvalue weighted by Gasteiger charge is 2.20. The normalized spacial score (nSPS) is 12.3. The second kappa shape index (κ2) is 6.94. The van der Waals surface area contributed by atoms with Crippen molar-refractivity contribution in [2.24, 2.45) is 0 Å². The van der Waals surface area contributed by atoms with Gasteiger partial charge in [-0.15, -0.1) is 0 Å². The Hall–Kier alpha value is -2.86. The van der Waals surface area contributed by atoms with Gasteiger partial charge in [0.15, 0.2) is 0 Å². The second-order valence-electron chi connectivity index (χ2n) is 5.82. The third kappa shape index (κ3) is 3.08. The molecule has 1 atom stereocenters. The van der Waals surface area contributed by atoms with Crippen LogP contribution in [0.25, 0.3) is 22.4 Å². The Morgan fingerprint density at radius 2 is 2.00 bits per heavy atom. The number of carbonyl (C=O) groups is 1. The number of nitrogens with zero attached hydrogens (tertiary/aromatic N) is 2. The zero-order chi connectivity index (χ0) is 18.0. The molecule has 3 rings (SSSR count). The number of aromatic nitrogens is 2. The Balaban J connectivity index is 2.25. The minimum Gasteiger partial charge on any atom is -0.496 e. The minimum atomic E-state index is -0.994. The van der Waals surface area contributed by atoms with E-state index in [0.29, 0.717) is 12.4 Å². The third-order valence-corrected chi connectivity index (χ3v) is 4.13. The van der Waals surface area contributed by atoms with Crippen LogP contribution in [-0.4, -0.2) is 41.5 Å². The molecular formula is C19H20N2O4. The summed E-state index contributed by atoms with van der Waals surface area (Å²) in [6.07, 6.45) is 0. The van der Waals surface area contributed by atoms with E-state index in [1.54, 1.807) is 19.2 Å². The van der Waals surface area contributed by atoms with Gasteiger partial charge in [0, 0.05) is 7.11 Å². The summed E-state index contributed by atoms with van der Waals surface area (Å²) in [5.74, 6) is 0.201. The van der Waals surface area contributed by atoms with E-state index in [1.165, 1.54) is 13.2 Å². The molecule has 0 fully saturated rings. The largest absolute Gasteiger partial charge is 0.496 e. The Labute approximate surface area is 145 Å². The lowest BCUT2D eigenvalue weighted by molar-refractivity contribution is 0.0696. The number of hydrogen-bond donors (Lipinski definition) is 1. The molecule has 1 N–H and O–H groups in total. The maximum Gasteiger partial charge on any atom is 0.335 e. The number of carboxylic acid groups (broad SMARTS) is 1. The van der Waals surface area contributed by atoms with Crippen LogP contribution in [0.1, 0.15) is 23.3 Å². The molecule has 130 valence electrons. The van der Waals surface area contributed by atoms with Crippen molar-refractivity contribution in [1.29, 1.82) is 0 Å².